The predicted molar refractivity (Wildman–Crippen MR) is 106 cm³/mol. The van der Waals surface area contributed by atoms with Crippen LogP contribution in [0.5, 0.6) is 5.75 Å². The number of hydrogen-bond donors (Lipinski definition) is 1. The molecule has 8 heteroatoms. The first-order valence-corrected chi connectivity index (χ1v) is 10.2. The van der Waals surface area contributed by atoms with E-state index >= 15 is 0 Å². The lowest BCUT2D eigenvalue weighted by Crippen LogP contribution is -2.29. The number of ether oxygens (including phenoxy) is 1. The van der Waals surface area contributed by atoms with Gasteiger partial charge in [-0.1, -0.05) is 49.4 Å². The van der Waals surface area contributed by atoms with Gasteiger partial charge in [-0.25, -0.2) is 9.03 Å². The molecule has 2 aromatic carbocycles. The topological polar surface area (TPSA) is 92.8 Å². The number of ketones is 1. The van der Waals surface area contributed by atoms with Crippen LogP contribution in [-0.2, 0) is 26.4 Å². The lowest BCUT2D eigenvalue weighted by atomic mass is 10.1. The maximum Gasteiger partial charge on any atom is 0.326 e. The van der Waals surface area contributed by atoms with Gasteiger partial charge < -0.3 is 4.74 Å². The molecular formula is C20H20N2O5S. The normalized spacial score (nSPS) is 15.6. The van der Waals surface area contributed by atoms with Crippen molar-refractivity contribution < 1.29 is 22.7 Å². The van der Waals surface area contributed by atoms with Crippen molar-refractivity contribution >= 4 is 33.7 Å². The number of carbonyl (C=O) groups excluding carboxylic acids is 2. The SMILES string of the molecule is CCC(=O)C=Cc1ccc(N2CC(=O)NS2(=O)=O)c(OCc2ccccc2)c1. The first-order chi connectivity index (χ1) is 13.4. The second-order valence-electron chi connectivity index (χ2n) is 6.19. The Morgan fingerprint density at radius 1 is 1.21 bits per heavy atom. The molecule has 7 nitrogen and oxygen atoms in total. The maximum absolute atomic E-state index is 12.2. The highest BCUT2D eigenvalue weighted by atomic mass is 32.2. The molecule has 3 rings (SSSR count). The Hall–Kier alpha value is -3.13. The zero-order valence-electron chi connectivity index (χ0n) is 15.3. The van der Waals surface area contributed by atoms with E-state index in [0.29, 0.717) is 17.7 Å². The van der Waals surface area contributed by atoms with Crippen LogP contribution in [0.25, 0.3) is 6.08 Å². The average molecular weight is 400 g/mol. The lowest BCUT2D eigenvalue weighted by Gasteiger charge is -2.19. The van der Waals surface area contributed by atoms with Crippen molar-refractivity contribution in [1.29, 1.82) is 0 Å². The molecule has 0 aliphatic carbocycles. The molecular weight excluding hydrogens is 380 g/mol. The molecule has 1 amide bonds. The van der Waals surface area contributed by atoms with Gasteiger partial charge in [0.1, 0.15) is 18.9 Å². The van der Waals surface area contributed by atoms with Crippen molar-refractivity contribution in [2.24, 2.45) is 0 Å². The Morgan fingerprint density at radius 3 is 2.61 bits per heavy atom. The van der Waals surface area contributed by atoms with E-state index in [9.17, 15) is 18.0 Å². The van der Waals surface area contributed by atoms with Gasteiger partial charge in [-0.3, -0.25) is 9.59 Å². The highest BCUT2D eigenvalue weighted by molar-refractivity contribution is 7.92. The van der Waals surface area contributed by atoms with Crippen LogP contribution in [0.1, 0.15) is 24.5 Å². The lowest BCUT2D eigenvalue weighted by molar-refractivity contribution is -0.117. The summed E-state index contributed by atoms with van der Waals surface area (Å²) in [6, 6.07) is 14.3. The summed E-state index contributed by atoms with van der Waals surface area (Å²) < 4.78 is 33.2. The minimum absolute atomic E-state index is 0.0206. The number of amides is 1. The summed E-state index contributed by atoms with van der Waals surface area (Å²) in [7, 11) is -3.96. The molecule has 1 saturated heterocycles. The summed E-state index contributed by atoms with van der Waals surface area (Å²) in [6.07, 6.45) is 3.51. The fourth-order valence-electron chi connectivity index (χ4n) is 2.66. The van der Waals surface area contributed by atoms with Crippen LogP contribution >= 0.6 is 0 Å². The molecule has 1 fully saturated rings. The molecule has 1 aliphatic rings. The first-order valence-electron chi connectivity index (χ1n) is 8.74. The largest absolute Gasteiger partial charge is 0.487 e. The second kappa shape index (κ2) is 8.26. The number of hydrogen-bond acceptors (Lipinski definition) is 5. The van der Waals surface area contributed by atoms with Gasteiger partial charge in [0.2, 0.25) is 0 Å². The third kappa shape index (κ3) is 4.58. The van der Waals surface area contributed by atoms with Crippen LogP contribution in [0.2, 0.25) is 0 Å². The van der Waals surface area contributed by atoms with E-state index in [2.05, 4.69) is 0 Å². The molecule has 1 N–H and O–H groups in total. The minimum atomic E-state index is -3.96. The summed E-state index contributed by atoms with van der Waals surface area (Å²) in [6.45, 7) is 1.68. The van der Waals surface area contributed by atoms with Crippen LogP contribution in [0.3, 0.4) is 0 Å². The van der Waals surface area contributed by atoms with Crippen molar-refractivity contribution in [3.63, 3.8) is 0 Å². The molecule has 0 saturated carbocycles. The fourth-order valence-corrected chi connectivity index (χ4v) is 3.82. The van der Waals surface area contributed by atoms with Gasteiger partial charge >= 0.3 is 10.2 Å². The van der Waals surface area contributed by atoms with Gasteiger partial charge in [0.05, 0.1) is 5.69 Å². The highest BCUT2D eigenvalue weighted by Gasteiger charge is 2.35. The molecule has 1 heterocycles. The third-order valence-corrected chi connectivity index (χ3v) is 5.51. The van der Waals surface area contributed by atoms with Crippen molar-refractivity contribution in [1.82, 2.24) is 4.72 Å². The van der Waals surface area contributed by atoms with E-state index < -0.39 is 16.1 Å². The standard InChI is InChI=1S/C20H20N2O5S/c1-2-17(23)10-8-15-9-11-18(22-13-20(24)21-28(22,25)26)19(12-15)27-14-16-6-4-3-5-7-16/h3-12H,2,13-14H2,1H3,(H,21,24). The van der Waals surface area contributed by atoms with Gasteiger partial charge in [0.25, 0.3) is 5.91 Å². The maximum atomic E-state index is 12.2. The van der Waals surface area contributed by atoms with Crippen LogP contribution in [0.4, 0.5) is 5.69 Å². The van der Waals surface area contributed by atoms with Crippen molar-refractivity contribution in [3.8, 4) is 5.75 Å². The van der Waals surface area contributed by atoms with Gasteiger partial charge in [-0.15, -0.1) is 0 Å². The van der Waals surface area contributed by atoms with E-state index in [-0.39, 0.29) is 24.6 Å². The van der Waals surface area contributed by atoms with Crippen LogP contribution in [0.15, 0.2) is 54.6 Å². The Bertz CT molecular complexity index is 1020. The third-order valence-electron chi connectivity index (χ3n) is 4.12. The molecule has 2 aromatic rings. The van der Waals surface area contributed by atoms with Crippen LogP contribution in [-0.4, -0.2) is 26.7 Å². The van der Waals surface area contributed by atoms with Crippen molar-refractivity contribution in [3.05, 3.63) is 65.7 Å². The molecule has 0 spiro atoms. The van der Waals surface area contributed by atoms with E-state index in [1.165, 1.54) is 6.08 Å². The Morgan fingerprint density at radius 2 is 1.96 bits per heavy atom. The number of rotatable bonds is 7. The minimum Gasteiger partial charge on any atom is -0.487 e. The molecule has 0 bridgehead atoms. The van der Waals surface area contributed by atoms with E-state index in [0.717, 1.165) is 9.87 Å². The molecule has 0 unspecified atom stereocenters. The summed E-state index contributed by atoms with van der Waals surface area (Å²) in [5, 5.41) is 0. The van der Waals surface area contributed by atoms with E-state index in [1.807, 2.05) is 35.1 Å². The fraction of sp³-hybridized carbons (Fsp3) is 0.200. The van der Waals surface area contributed by atoms with Gasteiger partial charge in [0.15, 0.2) is 5.78 Å². The average Bonchev–Trinajstić information content (AvgIpc) is 2.97. The zero-order valence-corrected chi connectivity index (χ0v) is 16.1. The second-order valence-corrected chi connectivity index (χ2v) is 7.79. The number of carbonyl (C=O) groups is 2. The molecule has 1 aliphatic heterocycles. The molecule has 0 atom stereocenters. The predicted octanol–water partition coefficient (Wildman–Crippen LogP) is 2.44. The number of nitrogens with zero attached hydrogens (tertiary/aromatic N) is 1. The molecule has 28 heavy (non-hydrogen) atoms. The number of nitrogens with one attached hydrogen (secondary N) is 1. The van der Waals surface area contributed by atoms with E-state index in [1.54, 1.807) is 31.2 Å². The number of benzene rings is 2. The van der Waals surface area contributed by atoms with Crippen molar-refractivity contribution in [2.45, 2.75) is 20.0 Å². The number of anilines is 1. The Balaban J connectivity index is 1.94. The number of allylic oxidation sites excluding steroid dienone is 1. The Kier molecular flexibility index (Phi) is 5.79. The summed E-state index contributed by atoms with van der Waals surface area (Å²) >= 11 is 0. The highest BCUT2D eigenvalue weighted by Crippen LogP contribution is 2.33. The zero-order chi connectivity index (χ0) is 20.1. The quantitative estimate of drug-likeness (QED) is 0.721. The summed E-state index contributed by atoms with van der Waals surface area (Å²) in [5.74, 6) is -0.325. The first kappa shape index (κ1) is 19.6. The van der Waals surface area contributed by atoms with Crippen LogP contribution in [0, 0.1) is 0 Å². The summed E-state index contributed by atoms with van der Waals surface area (Å²) in [5.41, 5.74) is 1.85. The molecule has 0 radical (unpaired) electrons. The van der Waals surface area contributed by atoms with Gasteiger partial charge in [0, 0.05) is 6.42 Å². The summed E-state index contributed by atoms with van der Waals surface area (Å²) in [4.78, 5) is 23.1. The van der Waals surface area contributed by atoms with Gasteiger partial charge in [-0.2, -0.15) is 8.42 Å². The molecule has 146 valence electrons. The van der Waals surface area contributed by atoms with Gasteiger partial charge in [-0.05, 0) is 29.3 Å². The van der Waals surface area contributed by atoms with Crippen LogP contribution < -0.4 is 13.8 Å². The monoisotopic (exact) mass is 400 g/mol. The molecule has 0 aromatic heterocycles. The van der Waals surface area contributed by atoms with E-state index in [4.69, 9.17) is 4.74 Å². The Labute approximate surface area is 163 Å². The van der Waals surface area contributed by atoms with Crippen molar-refractivity contribution in [2.75, 3.05) is 10.8 Å². The smallest absolute Gasteiger partial charge is 0.326 e.